The summed E-state index contributed by atoms with van der Waals surface area (Å²) in [5.41, 5.74) is 7.07. The average molecular weight is 1680 g/mol. The third kappa shape index (κ3) is 18.5. The highest BCUT2D eigenvalue weighted by Crippen LogP contribution is 2.52. The summed E-state index contributed by atoms with van der Waals surface area (Å²) in [4.78, 5) is 86.6. The molecule has 6 aliphatic heterocycles. The summed E-state index contributed by atoms with van der Waals surface area (Å²) in [6.07, 6.45) is -3.52. The lowest BCUT2D eigenvalue weighted by molar-refractivity contribution is -0.154. The normalized spacial score (nSPS) is 26.7. The van der Waals surface area contributed by atoms with Gasteiger partial charge in [0.1, 0.15) is 102 Å². The van der Waals surface area contributed by atoms with Crippen LogP contribution >= 0.6 is 0 Å². The number of alkyl halides is 8. The Hall–Kier alpha value is -8.68. The minimum Gasteiger partial charge on any atom is -0.485 e. The fourth-order valence-electron chi connectivity index (χ4n) is 14.5. The first-order chi connectivity index (χ1) is 53.0. The zero-order chi connectivity index (χ0) is 85.6. The molecule has 6 aliphatic rings. The number of hydrogen-bond acceptors (Lipinski definition) is 24. The van der Waals surface area contributed by atoms with Gasteiger partial charge in [0.15, 0.2) is 24.8 Å². The Labute approximate surface area is 661 Å². The van der Waals surface area contributed by atoms with E-state index in [-0.39, 0.29) is 94.4 Å². The number of ether oxygens (including phenoxy) is 4. The minimum atomic E-state index is -4.36. The van der Waals surface area contributed by atoms with Crippen molar-refractivity contribution in [3.8, 4) is 11.5 Å². The van der Waals surface area contributed by atoms with Gasteiger partial charge in [-0.1, -0.05) is 0 Å². The molecule has 0 fully saturated rings. The van der Waals surface area contributed by atoms with Gasteiger partial charge in [0, 0.05) is 42.4 Å². The van der Waals surface area contributed by atoms with Crippen molar-refractivity contribution in [1.82, 2.24) is 24.9 Å². The number of amidine groups is 1. The van der Waals surface area contributed by atoms with Crippen molar-refractivity contribution < 1.29 is 99.0 Å². The second-order valence-corrected chi connectivity index (χ2v) is 41.7. The summed E-state index contributed by atoms with van der Waals surface area (Å²) in [5, 5.41) is -1.94. The van der Waals surface area contributed by atoms with Crippen molar-refractivity contribution in [2.24, 2.45) is 33.8 Å². The molecule has 0 saturated heterocycles. The number of halogens is 11. The van der Waals surface area contributed by atoms with E-state index in [2.05, 4.69) is 52.5 Å². The molecule has 38 heteroatoms. The quantitative estimate of drug-likeness (QED) is 0.0391. The van der Waals surface area contributed by atoms with E-state index in [4.69, 9.17) is 30.9 Å². The van der Waals surface area contributed by atoms with Gasteiger partial charge in [0.2, 0.25) is 0 Å². The van der Waals surface area contributed by atoms with Crippen LogP contribution in [0.25, 0.3) is 0 Å². The predicted octanol–water partition coefficient (Wildman–Crippen LogP) is 14.1. The van der Waals surface area contributed by atoms with Crippen LogP contribution in [0.15, 0.2) is 101 Å². The number of nitrogens with two attached hydrogens (primary N) is 2. The van der Waals surface area contributed by atoms with Gasteiger partial charge in [0.25, 0.3) is 0 Å². The summed E-state index contributed by atoms with van der Waals surface area (Å²) in [7, 11) is -8.97. The molecule has 115 heavy (non-hydrogen) atoms. The topological polar surface area (TPSA) is 347 Å². The van der Waals surface area contributed by atoms with E-state index in [0.717, 1.165) is 43.1 Å². The molecule has 11 heterocycles. The van der Waals surface area contributed by atoms with Gasteiger partial charge >= 0.3 is 36.6 Å². The number of pyridine rings is 5. The van der Waals surface area contributed by atoms with Gasteiger partial charge in [0.05, 0.1) is 92.5 Å². The molecule has 0 unspecified atom stereocenters. The number of aliphatic imine (C=N–C) groups is 3. The molecule has 11 rings (SSSR count). The van der Waals surface area contributed by atoms with Crippen molar-refractivity contribution in [2.45, 2.75) is 251 Å². The molecule has 0 radical (unpaired) electrons. The number of nitrogens with zero attached hydrogens (tertiary/aromatic N) is 11. The van der Waals surface area contributed by atoms with Crippen LogP contribution in [-0.2, 0) is 77.7 Å². The number of ketones is 2. The SMILES string of the molecule is CC(C)(C)OC(=O)CC1=N[C@](C)(c2nc(CC(=O)c3ccc(OCC(F)(F)C(F)F)cn3)ccc2F)[C@H]2CCCN=[S@]2(=O)C1(C)C.CC(C)(C)OC(=O)CC1=N[C@](C)(c2nc(N)ccc2F)[C@H]2CCCN=[S@]2(=O)C1(C)C.CC1(C)C(N)=N[C@](C)(c2nc(CC(=O)c3ccc(OCC(F)(F)C(F)F)cn3)ccc2F)[C@H]2CCCN=[S@@]21=O. The first-order valence-electron chi connectivity index (χ1n) is 36.9. The van der Waals surface area contributed by atoms with Crippen molar-refractivity contribution in [2.75, 3.05) is 38.6 Å². The number of Topliss-reactive ketones (excluding diaryl/α,β-unsaturated/α-hetero) is 2. The van der Waals surface area contributed by atoms with E-state index < -0.39 is 166 Å². The zero-order valence-corrected chi connectivity index (χ0v) is 68.8. The predicted molar refractivity (Wildman–Crippen MR) is 412 cm³/mol. The Morgan fingerprint density at radius 1 is 0.470 bits per heavy atom. The van der Waals surface area contributed by atoms with E-state index in [0.29, 0.717) is 57.5 Å². The third-order valence-corrected chi connectivity index (χ3v) is 32.0. The van der Waals surface area contributed by atoms with Gasteiger partial charge in [-0.25, -0.2) is 71.4 Å². The lowest BCUT2D eigenvalue weighted by Gasteiger charge is -2.48. The Bertz CT molecular complexity index is 5070. The highest BCUT2D eigenvalue weighted by molar-refractivity contribution is 7.97. The molecular formula is C77H96F11N13O11S3. The van der Waals surface area contributed by atoms with Crippen LogP contribution in [0.5, 0.6) is 11.5 Å². The summed E-state index contributed by atoms with van der Waals surface area (Å²) in [5.74, 6) is -13.1. The Kier molecular flexibility index (Phi) is 25.9. The molecule has 24 nitrogen and oxygen atoms in total. The largest absolute Gasteiger partial charge is 0.485 e. The first-order valence-corrected chi connectivity index (χ1v) is 41.7. The monoisotopic (exact) mass is 1680 g/mol. The van der Waals surface area contributed by atoms with E-state index in [1.807, 2.05) is 0 Å². The van der Waals surface area contributed by atoms with Crippen LogP contribution in [0.1, 0.15) is 205 Å². The summed E-state index contributed by atoms with van der Waals surface area (Å²) in [6.45, 7) is 24.0. The van der Waals surface area contributed by atoms with Crippen LogP contribution in [0.2, 0.25) is 0 Å². The molecular weight excluding hydrogens is 1590 g/mol. The molecule has 5 aromatic heterocycles. The van der Waals surface area contributed by atoms with Crippen LogP contribution in [0.4, 0.5) is 54.1 Å². The number of hydrogen-bond donors (Lipinski definition) is 2. The first kappa shape index (κ1) is 90.2. The molecule has 630 valence electrons. The molecule has 4 N–H and O–H groups in total. The number of anilines is 1. The van der Waals surface area contributed by atoms with Crippen LogP contribution in [-0.4, -0.2) is 177 Å². The van der Waals surface area contributed by atoms with Gasteiger partial charge in [-0.15, -0.1) is 0 Å². The maximum Gasteiger partial charge on any atom is 0.340 e. The van der Waals surface area contributed by atoms with Gasteiger partial charge in [-0.05, 0) is 203 Å². The summed E-state index contributed by atoms with van der Waals surface area (Å²) < 4.78 is 221. The van der Waals surface area contributed by atoms with E-state index in [1.165, 1.54) is 36.4 Å². The molecule has 0 bridgehead atoms. The smallest absolute Gasteiger partial charge is 0.340 e. The maximum atomic E-state index is 15.6. The number of carbonyl (C=O) groups is 4. The van der Waals surface area contributed by atoms with Crippen LogP contribution in [0.3, 0.4) is 0 Å². The standard InChI is InChI=1S/C31H37F5N4O5S.C25H28F5N5O3S.C21H31FN4O3S/c1-28(2,3)45-25(42)15-23-29(4,5)46(43)24(8-7-13-38-46)30(6,40-23)26-20(32)11-9-18(39-26)14-22(41)21-12-10-19(16-37-21)44-17-31(35,36)27(33)34;1-23(2)22(31)35-24(3,19-5-4-10-33-39(19,23)37)20-16(26)8-6-14(34-20)11-18(36)17-9-7-15(12-32-17)38-13-25(29,30)21(27)28;1-19(2,3)29-17(27)12-14-20(4,5)30(28)15(8-7-11-24-30)21(6,26-14)18-13(22)9-10-16(23)25-18/h9-12,16,24,27H,7-8,13-15,17H2,1-6H3;6-9,12,19,21H,4-5,10-11,13H2,1-3H3,(H2,31,35);9-10,15H,7-8,11-12H2,1-6H3,(H2,23,25)/t24-,30+,46-;19-,24+,39-;15-,21+,30-/m111/s1. The van der Waals surface area contributed by atoms with Gasteiger partial charge < -0.3 is 30.4 Å². The van der Waals surface area contributed by atoms with Gasteiger partial charge in [-0.2, -0.15) is 17.6 Å². The fraction of sp³-hybridized carbons (Fsp3) is 0.584. The molecule has 0 saturated carbocycles. The van der Waals surface area contributed by atoms with Crippen molar-refractivity contribution in [3.63, 3.8) is 0 Å². The van der Waals surface area contributed by atoms with E-state index >= 15 is 8.78 Å². The molecule has 0 aliphatic carbocycles. The van der Waals surface area contributed by atoms with Crippen LogP contribution in [0, 0.1) is 17.5 Å². The maximum absolute atomic E-state index is 15.6. The number of fused-ring (bicyclic) bond motifs is 3. The molecule has 0 amide bonds. The van der Waals surface area contributed by atoms with E-state index in [1.54, 1.807) is 104 Å². The third-order valence-electron chi connectivity index (χ3n) is 20.9. The highest BCUT2D eigenvalue weighted by Gasteiger charge is 2.61. The molecule has 9 atom stereocenters. The average Bonchev–Trinajstić information content (AvgIpc) is 0.714. The van der Waals surface area contributed by atoms with Crippen molar-refractivity contribution >= 4 is 75.8 Å². The Morgan fingerprint density at radius 3 is 1.13 bits per heavy atom. The second kappa shape index (κ2) is 33.0. The lowest BCUT2D eigenvalue weighted by Crippen LogP contribution is -2.60. The fourth-order valence-corrected chi connectivity index (χ4v) is 24.4. The molecule has 0 spiro atoms. The summed E-state index contributed by atoms with van der Waals surface area (Å²) in [6, 6.07) is 12.2. The Balaban J connectivity index is 0.000000202. The number of carbonyl (C=O) groups excluding carboxylic acids is 4. The minimum absolute atomic E-state index is 0.0366. The van der Waals surface area contributed by atoms with Crippen LogP contribution < -0.4 is 20.9 Å². The number of nitrogen functional groups attached to an aromatic ring is 1. The highest BCUT2D eigenvalue weighted by atomic mass is 32.2. The molecule has 0 aromatic carbocycles. The number of esters is 2. The number of aromatic nitrogens is 5. The second-order valence-electron chi connectivity index (χ2n) is 32.8. The number of rotatable bonds is 21. The lowest BCUT2D eigenvalue weighted by atomic mass is 9.87. The van der Waals surface area contributed by atoms with E-state index in [9.17, 15) is 71.3 Å². The molecule has 5 aromatic rings. The summed E-state index contributed by atoms with van der Waals surface area (Å²) >= 11 is 0. The van der Waals surface area contributed by atoms with Crippen molar-refractivity contribution in [3.05, 3.63) is 130 Å². The zero-order valence-electron chi connectivity index (χ0n) is 66.4. The van der Waals surface area contributed by atoms with Gasteiger partial charge in [-0.3, -0.25) is 44.1 Å². The Morgan fingerprint density at radius 2 is 0.800 bits per heavy atom. The van der Waals surface area contributed by atoms with Crippen molar-refractivity contribution in [1.29, 1.82) is 0 Å².